The Morgan fingerprint density at radius 1 is 1.30 bits per heavy atom. The Bertz CT molecular complexity index is 716. The normalized spacial score (nSPS) is 20.9. The molecule has 6 nitrogen and oxygen atoms in total. The van der Waals surface area contributed by atoms with Gasteiger partial charge in [-0.25, -0.2) is 0 Å². The molecular weight excluding hydrogens is 316 g/mol. The zero-order valence-corrected chi connectivity index (χ0v) is 13.7. The molecule has 0 amide bonds. The molecule has 0 aliphatic carbocycles. The van der Waals surface area contributed by atoms with Crippen LogP contribution in [0.2, 0.25) is 0 Å². The number of nitrogens with one attached hydrogen (secondary N) is 1. The minimum Gasteiger partial charge on any atom is -0.488 e. The lowest BCUT2D eigenvalue weighted by molar-refractivity contribution is 0.190. The number of fused-ring (bicyclic) bond motifs is 1. The first-order chi connectivity index (χ1) is 10.8. The van der Waals surface area contributed by atoms with Gasteiger partial charge < -0.3 is 14.6 Å². The largest absolute Gasteiger partial charge is 0.488 e. The number of ether oxygens (including phenoxy) is 1. The summed E-state index contributed by atoms with van der Waals surface area (Å²) in [6, 6.07) is 8.09. The molecule has 0 spiro atoms. The van der Waals surface area contributed by atoms with Crippen LogP contribution < -0.4 is 10.1 Å². The number of benzene rings is 1. The standard InChI is InChI=1S/C16H18N4O2.ClH/c1-20-7-6-17-9-13(20)15-18-16(22-19-15)12-8-11-4-2-3-5-14(11)21-10-12;/h2-5,8,13,17H,6-7,9-10H2,1H3;1H. The van der Waals surface area contributed by atoms with E-state index in [1.165, 1.54) is 0 Å². The Morgan fingerprint density at radius 2 is 2.17 bits per heavy atom. The highest BCUT2D eigenvalue weighted by molar-refractivity contribution is 5.85. The first kappa shape index (κ1) is 16.0. The van der Waals surface area contributed by atoms with Crippen LogP contribution in [0.3, 0.4) is 0 Å². The van der Waals surface area contributed by atoms with Gasteiger partial charge in [0.1, 0.15) is 12.4 Å². The van der Waals surface area contributed by atoms with E-state index in [1.807, 2.05) is 24.3 Å². The number of hydrogen-bond donors (Lipinski definition) is 1. The van der Waals surface area contributed by atoms with Crippen molar-refractivity contribution in [1.29, 1.82) is 0 Å². The van der Waals surface area contributed by atoms with Crippen molar-refractivity contribution < 1.29 is 9.26 Å². The Balaban J connectivity index is 0.00000156. The van der Waals surface area contributed by atoms with Crippen molar-refractivity contribution in [2.45, 2.75) is 6.04 Å². The number of nitrogens with zero attached hydrogens (tertiary/aromatic N) is 3. The van der Waals surface area contributed by atoms with Crippen LogP contribution >= 0.6 is 12.4 Å². The summed E-state index contributed by atoms with van der Waals surface area (Å²) in [7, 11) is 2.08. The fourth-order valence-corrected chi connectivity index (χ4v) is 2.83. The summed E-state index contributed by atoms with van der Waals surface area (Å²) in [6.07, 6.45) is 2.05. The molecule has 0 bridgehead atoms. The topological polar surface area (TPSA) is 63.4 Å². The summed E-state index contributed by atoms with van der Waals surface area (Å²) in [5.74, 6) is 2.16. The lowest BCUT2D eigenvalue weighted by Gasteiger charge is -2.30. The van der Waals surface area contributed by atoms with Crippen LogP contribution in [0.4, 0.5) is 0 Å². The molecule has 0 saturated carbocycles. The smallest absolute Gasteiger partial charge is 0.257 e. The van der Waals surface area contributed by atoms with Crippen molar-refractivity contribution in [3.63, 3.8) is 0 Å². The van der Waals surface area contributed by atoms with Gasteiger partial charge in [0, 0.05) is 25.2 Å². The average Bonchev–Trinajstić information content (AvgIpc) is 3.04. The number of hydrogen-bond acceptors (Lipinski definition) is 6. The van der Waals surface area contributed by atoms with E-state index in [0.29, 0.717) is 12.5 Å². The Morgan fingerprint density at radius 3 is 3.04 bits per heavy atom. The molecule has 2 aliphatic rings. The highest BCUT2D eigenvalue weighted by Gasteiger charge is 2.26. The van der Waals surface area contributed by atoms with Gasteiger partial charge in [-0.2, -0.15) is 4.98 Å². The van der Waals surface area contributed by atoms with E-state index < -0.39 is 0 Å². The second kappa shape index (κ2) is 6.70. The maximum Gasteiger partial charge on any atom is 0.257 e. The van der Waals surface area contributed by atoms with E-state index in [4.69, 9.17) is 9.26 Å². The summed E-state index contributed by atoms with van der Waals surface area (Å²) in [4.78, 5) is 6.82. The number of likely N-dealkylation sites (N-methyl/N-ethyl adjacent to an activating group) is 1. The number of piperazine rings is 1. The maximum atomic E-state index is 5.75. The van der Waals surface area contributed by atoms with Crippen LogP contribution in [0.25, 0.3) is 11.6 Å². The predicted octanol–water partition coefficient (Wildman–Crippen LogP) is 2.00. The van der Waals surface area contributed by atoms with Crippen LogP contribution in [0, 0.1) is 0 Å². The number of rotatable bonds is 2. The minimum atomic E-state index is 0. The molecule has 1 fully saturated rings. The molecule has 0 radical (unpaired) electrons. The zero-order valence-electron chi connectivity index (χ0n) is 12.9. The van der Waals surface area contributed by atoms with Crippen LogP contribution in [0.5, 0.6) is 5.75 Å². The fraction of sp³-hybridized carbons (Fsp3) is 0.375. The third kappa shape index (κ3) is 3.10. The van der Waals surface area contributed by atoms with E-state index in [2.05, 4.69) is 33.5 Å². The van der Waals surface area contributed by atoms with Crippen LogP contribution in [0.15, 0.2) is 28.8 Å². The molecule has 1 aromatic carbocycles. The quantitative estimate of drug-likeness (QED) is 0.906. The van der Waals surface area contributed by atoms with Crippen molar-refractivity contribution in [2.75, 3.05) is 33.3 Å². The van der Waals surface area contributed by atoms with E-state index in [1.54, 1.807) is 0 Å². The average molecular weight is 335 g/mol. The zero-order chi connectivity index (χ0) is 14.9. The summed E-state index contributed by atoms with van der Waals surface area (Å²) in [5, 5.41) is 7.52. The molecule has 23 heavy (non-hydrogen) atoms. The first-order valence-corrected chi connectivity index (χ1v) is 7.48. The van der Waals surface area contributed by atoms with Crippen molar-refractivity contribution in [3.05, 3.63) is 41.5 Å². The van der Waals surface area contributed by atoms with Crippen LogP contribution in [-0.2, 0) is 0 Å². The van der Waals surface area contributed by atoms with Gasteiger partial charge >= 0.3 is 0 Å². The Kier molecular flexibility index (Phi) is 4.66. The molecule has 1 N–H and O–H groups in total. The van der Waals surface area contributed by atoms with E-state index in [9.17, 15) is 0 Å². The third-order valence-corrected chi connectivity index (χ3v) is 4.16. The van der Waals surface area contributed by atoms with Gasteiger partial charge in [0.25, 0.3) is 5.89 Å². The first-order valence-electron chi connectivity index (χ1n) is 7.48. The summed E-state index contributed by atoms with van der Waals surface area (Å²) < 4.78 is 11.2. The Labute approximate surface area is 140 Å². The fourth-order valence-electron chi connectivity index (χ4n) is 2.83. The van der Waals surface area contributed by atoms with Gasteiger partial charge in [-0.3, -0.25) is 4.90 Å². The van der Waals surface area contributed by atoms with Crippen LogP contribution in [-0.4, -0.2) is 48.3 Å². The molecule has 1 atom stereocenters. The number of aromatic nitrogens is 2. The van der Waals surface area contributed by atoms with Gasteiger partial charge in [-0.15, -0.1) is 12.4 Å². The van der Waals surface area contributed by atoms with Crippen LogP contribution in [0.1, 0.15) is 23.3 Å². The molecule has 4 rings (SSSR count). The number of halogens is 1. The summed E-state index contributed by atoms with van der Waals surface area (Å²) >= 11 is 0. The monoisotopic (exact) mass is 334 g/mol. The van der Waals surface area contributed by atoms with Gasteiger partial charge in [0.05, 0.1) is 11.6 Å². The molecule has 2 aliphatic heterocycles. The third-order valence-electron chi connectivity index (χ3n) is 4.16. The summed E-state index contributed by atoms with van der Waals surface area (Å²) in [5.41, 5.74) is 1.96. The molecular formula is C16H19ClN4O2. The summed E-state index contributed by atoms with van der Waals surface area (Å²) in [6.45, 7) is 3.27. The lowest BCUT2D eigenvalue weighted by Crippen LogP contribution is -2.44. The van der Waals surface area contributed by atoms with Crippen molar-refractivity contribution in [2.24, 2.45) is 0 Å². The van der Waals surface area contributed by atoms with E-state index in [0.717, 1.165) is 42.3 Å². The van der Waals surface area contributed by atoms with E-state index in [-0.39, 0.29) is 18.4 Å². The van der Waals surface area contributed by atoms with Crippen molar-refractivity contribution >= 4 is 24.1 Å². The molecule has 1 aromatic heterocycles. The van der Waals surface area contributed by atoms with Gasteiger partial charge in [-0.1, -0.05) is 23.4 Å². The molecule has 7 heteroatoms. The number of para-hydroxylation sites is 1. The highest BCUT2D eigenvalue weighted by atomic mass is 35.5. The van der Waals surface area contributed by atoms with Crippen molar-refractivity contribution in [3.8, 4) is 5.75 Å². The molecule has 2 aromatic rings. The lowest BCUT2D eigenvalue weighted by atomic mass is 10.1. The molecule has 1 saturated heterocycles. The second-order valence-corrected chi connectivity index (χ2v) is 5.65. The SMILES string of the molecule is CN1CCNCC1c1noc(C2=Cc3ccccc3OC2)n1.Cl. The minimum absolute atomic E-state index is 0. The molecule has 1 unspecified atom stereocenters. The van der Waals surface area contributed by atoms with Gasteiger partial charge in [0.2, 0.25) is 0 Å². The highest BCUT2D eigenvalue weighted by Crippen LogP contribution is 2.30. The molecule has 122 valence electrons. The van der Waals surface area contributed by atoms with Gasteiger partial charge in [0.15, 0.2) is 5.82 Å². The van der Waals surface area contributed by atoms with Gasteiger partial charge in [-0.05, 0) is 19.2 Å². The Hall–Kier alpha value is -1.89. The van der Waals surface area contributed by atoms with Crippen molar-refractivity contribution in [1.82, 2.24) is 20.4 Å². The predicted molar refractivity (Wildman–Crippen MR) is 89.6 cm³/mol. The second-order valence-electron chi connectivity index (χ2n) is 5.65. The molecule has 3 heterocycles. The van der Waals surface area contributed by atoms with E-state index >= 15 is 0 Å². The maximum absolute atomic E-state index is 5.75.